The Labute approximate surface area is 171 Å². The van der Waals surface area contributed by atoms with Gasteiger partial charge in [0, 0.05) is 0 Å². The molecule has 0 unspecified atom stereocenters. The van der Waals surface area contributed by atoms with Crippen LogP contribution >= 0.6 is 0 Å². The standard InChI is InChI=1S/C29H22/c1-18-9-3-5-11-22(18)27-19(2)26-17-21-16-15-20-10-4-6-12-23(20)28(21)29(26)25-14-8-7-13-24(25)27/h3-16H,17H2,1-2H3. The second-order valence-corrected chi connectivity index (χ2v) is 8.21. The first-order valence-electron chi connectivity index (χ1n) is 10.3. The van der Waals surface area contributed by atoms with Crippen LogP contribution in [0.25, 0.3) is 43.8 Å². The minimum Gasteiger partial charge on any atom is -0.0620 e. The Morgan fingerprint density at radius 1 is 0.552 bits per heavy atom. The molecule has 0 fully saturated rings. The molecule has 0 bridgehead atoms. The van der Waals surface area contributed by atoms with Gasteiger partial charge in [0.15, 0.2) is 0 Å². The minimum atomic E-state index is 1.02. The molecule has 0 aliphatic heterocycles. The first-order valence-corrected chi connectivity index (χ1v) is 10.3. The molecule has 0 atom stereocenters. The highest BCUT2D eigenvalue weighted by molar-refractivity contribution is 6.14. The average Bonchev–Trinajstić information content (AvgIpc) is 3.16. The van der Waals surface area contributed by atoms with Crippen molar-refractivity contribution in [3.63, 3.8) is 0 Å². The number of fused-ring (bicyclic) bond motifs is 7. The minimum absolute atomic E-state index is 1.02. The van der Waals surface area contributed by atoms with Gasteiger partial charge in [-0.1, -0.05) is 84.9 Å². The lowest BCUT2D eigenvalue weighted by Crippen LogP contribution is -1.96. The van der Waals surface area contributed by atoms with Gasteiger partial charge in [-0.2, -0.15) is 0 Å². The molecule has 5 aromatic carbocycles. The maximum absolute atomic E-state index is 2.33. The van der Waals surface area contributed by atoms with Crippen LogP contribution in [0.5, 0.6) is 0 Å². The molecule has 0 nitrogen and oxygen atoms in total. The van der Waals surface area contributed by atoms with E-state index in [1.807, 2.05) is 0 Å². The Balaban J connectivity index is 1.79. The number of benzene rings is 5. The molecule has 0 heteroatoms. The van der Waals surface area contributed by atoms with Gasteiger partial charge in [-0.25, -0.2) is 0 Å². The Morgan fingerprint density at radius 3 is 2.00 bits per heavy atom. The zero-order valence-corrected chi connectivity index (χ0v) is 16.8. The third kappa shape index (κ3) is 2.26. The summed E-state index contributed by atoms with van der Waals surface area (Å²) in [6.45, 7) is 4.54. The summed E-state index contributed by atoms with van der Waals surface area (Å²) in [5.41, 5.74) is 11.3. The molecule has 0 N–H and O–H groups in total. The van der Waals surface area contributed by atoms with Crippen molar-refractivity contribution in [2.24, 2.45) is 0 Å². The molecular formula is C29H22. The predicted octanol–water partition coefficient (Wildman–Crippen LogP) is 7.85. The molecule has 29 heavy (non-hydrogen) atoms. The number of hydrogen-bond acceptors (Lipinski definition) is 0. The lowest BCUT2D eigenvalue weighted by Gasteiger charge is -2.19. The van der Waals surface area contributed by atoms with Gasteiger partial charge in [0.2, 0.25) is 0 Å². The molecule has 0 saturated heterocycles. The summed E-state index contributed by atoms with van der Waals surface area (Å²) in [6, 6.07) is 31.2. The van der Waals surface area contributed by atoms with Gasteiger partial charge >= 0.3 is 0 Å². The van der Waals surface area contributed by atoms with E-state index in [1.165, 1.54) is 66.1 Å². The summed E-state index contributed by atoms with van der Waals surface area (Å²) in [4.78, 5) is 0. The summed E-state index contributed by atoms with van der Waals surface area (Å²) in [6.07, 6.45) is 1.02. The van der Waals surface area contributed by atoms with Gasteiger partial charge in [0.25, 0.3) is 0 Å². The van der Waals surface area contributed by atoms with Crippen LogP contribution in [-0.4, -0.2) is 0 Å². The van der Waals surface area contributed by atoms with E-state index in [0.717, 1.165) is 6.42 Å². The van der Waals surface area contributed by atoms with Crippen LogP contribution in [0, 0.1) is 13.8 Å². The zero-order valence-electron chi connectivity index (χ0n) is 16.8. The van der Waals surface area contributed by atoms with Crippen molar-refractivity contribution in [2.45, 2.75) is 20.3 Å². The van der Waals surface area contributed by atoms with Crippen molar-refractivity contribution in [1.82, 2.24) is 0 Å². The van der Waals surface area contributed by atoms with Gasteiger partial charge in [0.05, 0.1) is 0 Å². The quantitative estimate of drug-likeness (QED) is 0.276. The van der Waals surface area contributed by atoms with Crippen molar-refractivity contribution < 1.29 is 0 Å². The topological polar surface area (TPSA) is 0 Å². The van der Waals surface area contributed by atoms with Crippen LogP contribution in [0.2, 0.25) is 0 Å². The fourth-order valence-electron chi connectivity index (χ4n) is 5.28. The van der Waals surface area contributed by atoms with E-state index in [4.69, 9.17) is 0 Å². The number of rotatable bonds is 1. The largest absolute Gasteiger partial charge is 0.0620 e. The van der Waals surface area contributed by atoms with Crippen LogP contribution in [0.3, 0.4) is 0 Å². The van der Waals surface area contributed by atoms with Crippen LogP contribution < -0.4 is 0 Å². The molecular weight excluding hydrogens is 348 g/mol. The molecule has 0 aromatic heterocycles. The first-order chi connectivity index (χ1) is 14.2. The molecule has 0 radical (unpaired) electrons. The monoisotopic (exact) mass is 370 g/mol. The average molecular weight is 370 g/mol. The number of aryl methyl sites for hydroxylation is 1. The number of hydrogen-bond donors (Lipinski definition) is 0. The van der Waals surface area contributed by atoms with Crippen LogP contribution in [0.4, 0.5) is 0 Å². The van der Waals surface area contributed by atoms with Crippen molar-refractivity contribution in [2.75, 3.05) is 0 Å². The fourth-order valence-corrected chi connectivity index (χ4v) is 5.28. The summed E-state index contributed by atoms with van der Waals surface area (Å²) in [5, 5.41) is 5.43. The van der Waals surface area contributed by atoms with E-state index in [9.17, 15) is 0 Å². The van der Waals surface area contributed by atoms with Crippen molar-refractivity contribution in [3.8, 4) is 22.3 Å². The van der Waals surface area contributed by atoms with E-state index in [2.05, 4.69) is 98.8 Å². The van der Waals surface area contributed by atoms with Crippen LogP contribution in [0.1, 0.15) is 22.3 Å². The first kappa shape index (κ1) is 16.6. The Bertz CT molecular complexity index is 1440. The molecule has 0 amide bonds. The van der Waals surface area contributed by atoms with Gasteiger partial charge < -0.3 is 0 Å². The highest BCUT2D eigenvalue weighted by Gasteiger charge is 2.27. The Kier molecular flexibility index (Phi) is 3.46. The fraction of sp³-hybridized carbons (Fsp3) is 0.103. The molecule has 6 rings (SSSR count). The highest BCUT2D eigenvalue weighted by Crippen LogP contribution is 2.49. The summed E-state index contributed by atoms with van der Waals surface area (Å²) >= 11 is 0. The lowest BCUT2D eigenvalue weighted by molar-refractivity contribution is 1.22. The maximum atomic E-state index is 2.33. The smallest absolute Gasteiger partial charge is 0.00101 e. The maximum Gasteiger partial charge on any atom is -0.00101 e. The highest BCUT2D eigenvalue weighted by atomic mass is 14.3. The van der Waals surface area contributed by atoms with Crippen LogP contribution in [-0.2, 0) is 6.42 Å². The van der Waals surface area contributed by atoms with E-state index in [0.29, 0.717) is 0 Å². The summed E-state index contributed by atoms with van der Waals surface area (Å²) in [5.74, 6) is 0. The van der Waals surface area contributed by atoms with Gasteiger partial charge in [-0.3, -0.25) is 0 Å². The SMILES string of the molecule is Cc1ccccc1-c1c(C)c2c(c3ccccc13)-c1c(ccc3ccccc13)C2. The van der Waals surface area contributed by atoms with E-state index in [1.54, 1.807) is 0 Å². The molecule has 0 heterocycles. The Morgan fingerprint density at radius 2 is 1.21 bits per heavy atom. The molecule has 1 aliphatic rings. The molecule has 1 aliphatic carbocycles. The van der Waals surface area contributed by atoms with Gasteiger partial charge in [-0.15, -0.1) is 0 Å². The lowest BCUT2D eigenvalue weighted by atomic mass is 9.85. The van der Waals surface area contributed by atoms with E-state index < -0.39 is 0 Å². The third-order valence-corrected chi connectivity index (χ3v) is 6.64. The normalized spacial score (nSPS) is 12.3. The molecule has 138 valence electrons. The summed E-state index contributed by atoms with van der Waals surface area (Å²) in [7, 11) is 0. The van der Waals surface area contributed by atoms with Crippen molar-refractivity contribution in [1.29, 1.82) is 0 Å². The molecule has 0 saturated carbocycles. The van der Waals surface area contributed by atoms with Crippen molar-refractivity contribution in [3.05, 3.63) is 107 Å². The Hall–Kier alpha value is -3.38. The van der Waals surface area contributed by atoms with Crippen molar-refractivity contribution >= 4 is 21.5 Å². The van der Waals surface area contributed by atoms with Crippen LogP contribution in [0.15, 0.2) is 84.9 Å². The third-order valence-electron chi connectivity index (χ3n) is 6.64. The van der Waals surface area contributed by atoms with Gasteiger partial charge in [-0.05, 0) is 86.3 Å². The van der Waals surface area contributed by atoms with E-state index >= 15 is 0 Å². The zero-order chi connectivity index (χ0) is 19.5. The molecule has 5 aromatic rings. The predicted molar refractivity (Wildman–Crippen MR) is 125 cm³/mol. The second kappa shape index (κ2) is 6.06. The van der Waals surface area contributed by atoms with E-state index in [-0.39, 0.29) is 0 Å². The second-order valence-electron chi connectivity index (χ2n) is 8.21. The van der Waals surface area contributed by atoms with Gasteiger partial charge in [0.1, 0.15) is 0 Å². The summed E-state index contributed by atoms with van der Waals surface area (Å²) < 4.78 is 0. The molecule has 0 spiro atoms.